The van der Waals surface area contributed by atoms with Crippen LogP contribution in [0.1, 0.15) is 31.0 Å². The van der Waals surface area contributed by atoms with Crippen LogP contribution in [-0.4, -0.2) is 0 Å². The highest BCUT2D eigenvalue weighted by atomic mass is 35.5. The first-order valence-electron chi connectivity index (χ1n) is 6.41. The molecule has 0 amide bonds. The highest BCUT2D eigenvalue weighted by Gasteiger charge is 2.11. The average molecular weight is 294 g/mol. The molecule has 0 spiro atoms. The van der Waals surface area contributed by atoms with E-state index in [1.54, 1.807) is 6.07 Å². The van der Waals surface area contributed by atoms with E-state index in [9.17, 15) is 0 Å². The number of rotatable bonds is 4. The number of hydrogen-bond acceptors (Lipinski definition) is 1. The molecule has 1 unspecified atom stereocenters. The fraction of sp³-hybridized carbons (Fsp3) is 0.250. The lowest BCUT2D eigenvalue weighted by atomic mass is 10.1. The first-order valence-corrected chi connectivity index (χ1v) is 7.16. The molecule has 100 valence electrons. The highest BCUT2D eigenvalue weighted by molar-refractivity contribution is 6.35. The van der Waals surface area contributed by atoms with E-state index in [1.165, 1.54) is 5.56 Å². The monoisotopic (exact) mass is 293 g/mol. The summed E-state index contributed by atoms with van der Waals surface area (Å²) in [7, 11) is 0. The summed E-state index contributed by atoms with van der Waals surface area (Å²) in [6.07, 6.45) is 1.00. The molecular weight excluding hydrogens is 277 g/mol. The minimum absolute atomic E-state index is 0.137. The number of para-hydroxylation sites is 1. The Bertz CT molecular complexity index is 566. The molecule has 3 heteroatoms. The normalized spacial score (nSPS) is 12.2. The van der Waals surface area contributed by atoms with Crippen molar-refractivity contribution in [1.29, 1.82) is 0 Å². The molecule has 2 aromatic rings. The Morgan fingerprint density at radius 2 is 1.84 bits per heavy atom. The Morgan fingerprint density at radius 1 is 1.11 bits per heavy atom. The maximum absolute atomic E-state index is 6.24. The second-order valence-electron chi connectivity index (χ2n) is 4.54. The van der Waals surface area contributed by atoms with Gasteiger partial charge in [-0.25, -0.2) is 0 Å². The third-order valence-corrected chi connectivity index (χ3v) is 3.76. The number of nitrogens with one attached hydrogen (secondary N) is 1. The molecule has 0 saturated carbocycles. The van der Waals surface area contributed by atoms with E-state index in [-0.39, 0.29) is 6.04 Å². The second kappa shape index (κ2) is 6.31. The molecule has 19 heavy (non-hydrogen) atoms. The van der Waals surface area contributed by atoms with Crippen LogP contribution in [0.3, 0.4) is 0 Å². The number of benzene rings is 2. The SMILES string of the molecule is CCc1ccccc1NC(C)c1ccc(Cl)cc1Cl. The van der Waals surface area contributed by atoms with Crippen molar-refractivity contribution < 1.29 is 0 Å². The molecule has 2 rings (SSSR count). The maximum atomic E-state index is 6.24. The molecular formula is C16H17Cl2N. The summed E-state index contributed by atoms with van der Waals surface area (Å²) in [5.74, 6) is 0. The van der Waals surface area contributed by atoms with Crippen LogP contribution in [0.25, 0.3) is 0 Å². The largest absolute Gasteiger partial charge is 0.378 e. The van der Waals surface area contributed by atoms with Gasteiger partial charge in [0.2, 0.25) is 0 Å². The zero-order valence-corrected chi connectivity index (χ0v) is 12.6. The van der Waals surface area contributed by atoms with Gasteiger partial charge in [-0.3, -0.25) is 0 Å². The molecule has 0 bridgehead atoms. The fourth-order valence-corrected chi connectivity index (χ4v) is 2.71. The van der Waals surface area contributed by atoms with Gasteiger partial charge in [0.15, 0.2) is 0 Å². The van der Waals surface area contributed by atoms with Gasteiger partial charge < -0.3 is 5.32 Å². The molecule has 1 nitrogen and oxygen atoms in total. The van der Waals surface area contributed by atoms with Crippen molar-refractivity contribution in [2.45, 2.75) is 26.3 Å². The van der Waals surface area contributed by atoms with Crippen molar-refractivity contribution in [1.82, 2.24) is 0 Å². The molecule has 0 aliphatic rings. The van der Waals surface area contributed by atoms with Crippen molar-refractivity contribution in [3.8, 4) is 0 Å². The standard InChI is InChI=1S/C16H17Cl2N/c1-3-12-6-4-5-7-16(12)19-11(2)14-9-8-13(17)10-15(14)18/h4-11,19H,3H2,1-2H3. The van der Waals surface area contributed by atoms with Crippen molar-refractivity contribution in [3.63, 3.8) is 0 Å². The quantitative estimate of drug-likeness (QED) is 0.759. The van der Waals surface area contributed by atoms with Crippen LogP contribution in [0.15, 0.2) is 42.5 Å². The summed E-state index contributed by atoms with van der Waals surface area (Å²) in [6.45, 7) is 4.25. The van der Waals surface area contributed by atoms with E-state index in [4.69, 9.17) is 23.2 Å². The van der Waals surface area contributed by atoms with Gasteiger partial charge in [0.05, 0.1) is 6.04 Å². The lowest BCUT2D eigenvalue weighted by Crippen LogP contribution is -2.08. The maximum Gasteiger partial charge on any atom is 0.0500 e. The van der Waals surface area contributed by atoms with Gasteiger partial charge in [-0.2, -0.15) is 0 Å². The minimum Gasteiger partial charge on any atom is -0.378 e. The molecule has 0 aliphatic carbocycles. The molecule has 0 saturated heterocycles. The average Bonchev–Trinajstić information content (AvgIpc) is 2.39. The third-order valence-electron chi connectivity index (χ3n) is 3.20. The van der Waals surface area contributed by atoms with Gasteiger partial charge in [0.25, 0.3) is 0 Å². The number of anilines is 1. The molecule has 0 radical (unpaired) electrons. The van der Waals surface area contributed by atoms with Crippen LogP contribution in [0.2, 0.25) is 10.0 Å². The van der Waals surface area contributed by atoms with Gasteiger partial charge in [0.1, 0.15) is 0 Å². The summed E-state index contributed by atoms with van der Waals surface area (Å²) in [5.41, 5.74) is 3.51. The summed E-state index contributed by atoms with van der Waals surface area (Å²) >= 11 is 12.2. The topological polar surface area (TPSA) is 12.0 Å². The molecule has 1 atom stereocenters. The van der Waals surface area contributed by atoms with Crippen molar-refractivity contribution >= 4 is 28.9 Å². The van der Waals surface area contributed by atoms with Gasteiger partial charge in [0, 0.05) is 15.7 Å². The number of aryl methyl sites for hydroxylation is 1. The summed E-state index contributed by atoms with van der Waals surface area (Å²) in [4.78, 5) is 0. The third kappa shape index (κ3) is 3.43. The summed E-state index contributed by atoms with van der Waals surface area (Å²) < 4.78 is 0. The fourth-order valence-electron chi connectivity index (χ4n) is 2.13. The van der Waals surface area contributed by atoms with Crippen LogP contribution in [-0.2, 0) is 6.42 Å². The smallest absolute Gasteiger partial charge is 0.0500 e. The van der Waals surface area contributed by atoms with Gasteiger partial charge >= 0.3 is 0 Å². The van der Waals surface area contributed by atoms with E-state index in [2.05, 4.69) is 37.4 Å². The zero-order chi connectivity index (χ0) is 13.8. The van der Waals surface area contributed by atoms with Crippen LogP contribution in [0.5, 0.6) is 0 Å². The van der Waals surface area contributed by atoms with Crippen LogP contribution < -0.4 is 5.32 Å². The van der Waals surface area contributed by atoms with Gasteiger partial charge in [-0.05, 0) is 42.7 Å². The Labute approximate surface area is 124 Å². The van der Waals surface area contributed by atoms with Crippen LogP contribution in [0.4, 0.5) is 5.69 Å². The Balaban J connectivity index is 2.23. The van der Waals surface area contributed by atoms with Crippen molar-refractivity contribution in [2.75, 3.05) is 5.32 Å². The molecule has 0 aliphatic heterocycles. The lowest BCUT2D eigenvalue weighted by molar-refractivity contribution is 0.880. The first-order chi connectivity index (χ1) is 9.11. The van der Waals surface area contributed by atoms with E-state index in [0.717, 1.165) is 17.7 Å². The number of hydrogen-bond donors (Lipinski definition) is 1. The van der Waals surface area contributed by atoms with E-state index in [0.29, 0.717) is 10.0 Å². The lowest BCUT2D eigenvalue weighted by Gasteiger charge is -2.19. The van der Waals surface area contributed by atoms with Crippen LogP contribution in [0, 0.1) is 0 Å². The van der Waals surface area contributed by atoms with Gasteiger partial charge in [-0.15, -0.1) is 0 Å². The number of halogens is 2. The first kappa shape index (κ1) is 14.2. The van der Waals surface area contributed by atoms with E-state index < -0.39 is 0 Å². The molecule has 0 fully saturated rings. The highest BCUT2D eigenvalue weighted by Crippen LogP contribution is 2.29. The Morgan fingerprint density at radius 3 is 2.53 bits per heavy atom. The predicted octanol–water partition coefficient (Wildman–Crippen LogP) is 5.73. The van der Waals surface area contributed by atoms with Crippen molar-refractivity contribution in [3.05, 3.63) is 63.6 Å². The van der Waals surface area contributed by atoms with Gasteiger partial charge in [-0.1, -0.05) is 54.4 Å². The molecule has 0 heterocycles. The van der Waals surface area contributed by atoms with Crippen LogP contribution >= 0.6 is 23.2 Å². The molecule has 2 aromatic carbocycles. The molecule has 0 aromatic heterocycles. The Hall–Kier alpha value is -1.18. The summed E-state index contributed by atoms with van der Waals surface area (Å²) in [5, 5.41) is 4.87. The van der Waals surface area contributed by atoms with Crippen molar-refractivity contribution in [2.24, 2.45) is 0 Å². The Kier molecular flexibility index (Phi) is 4.73. The zero-order valence-electron chi connectivity index (χ0n) is 11.1. The van der Waals surface area contributed by atoms with E-state index in [1.807, 2.05) is 18.2 Å². The minimum atomic E-state index is 0.137. The predicted molar refractivity (Wildman–Crippen MR) is 84.3 cm³/mol. The molecule has 1 N–H and O–H groups in total. The van der Waals surface area contributed by atoms with E-state index >= 15 is 0 Å². The second-order valence-corrected chi connectivity index (χ2v) is 5.39. The summed E-state index contributed by atoms with van der Waals surface area (Å²) in [6, 6.07) is 14.1.